The van der Waals surface area contributed by atoms with Crippen LogP contribution in [-0.4, -0.2) is 19.4 Å². The summed E-state index contributed by atoms with van der Waals surface area (Å²) in [7, 11) is 1.72. The molecule has 2 rings (SSSR count). The first-order valence-electron chi connectivity index (χ1n) is 6.75. The fraction of sp³-hybridized carbons (Fsp3) is 0.294. The zero-order chi connectivity index (χ0) is 14.4. The summed E-state index contributed by atoms with van der Waals surface area (Å²) in [6.07, 6.45) is 3.03. The van der Waals surface area contributed by atoms with Crippen LogP contribution in [0.1, 0.15) is 12.5 Å². The molecular weight excluding hydrogens is 266 g/mol. The smallest absolute Gasteiger partial charge is 0.122 e. The molecule has 0 saturated heterocycles. The number of rotatable bonds is 6. The van der Waals surface area contributed by atoms with Gasteiger partial charge in [-0.05, 0) is 49.4 Å². The third kappa shape index (κ3) is 3.94. The van der Waals surface area contributed by atoms with Crippen LogP contribution in [0.2, 0.25) is 0 Å². The first-order chi connectivity index (χ1) is 9.72. The third-order valence-electron chi connectivity index (χ3n) is 3.20. The summed E-state index contributed by atoms with van der Waals surface area (Å²) in [6, 6.07) is 17.0. The molecule has 106 valence electrons. The predicted molar refractivity (Wildman–Crippen MR) is 88.0 cm³/mol. The summed E-state index contributed by atoms with van der Waals surface area (Å²) >= 11 is 1.76. The van der Waals surface area contributed by atoms with Gasteiger partial charge >= 0.3 is 0 Å². The lowest BCUT2D eigenvalue weighted by Crippen LogP contribution is -2.18. The first-order valence-corrected chi connectivity index (χ1v) is 7.98. The third-order valence-corrected chi connectivity index (χ3v) is 3.93. The highest BCUT2D eigenvalue weighted by atomic mass is 32.2. The van der Waals surface area contributed by atoms with E-state index in [4.69, 9.17) is 4.74 Å². The van der Waals surface area contributed by atoms with E-state index in [1.807, 2.05) is 12.1 Å². The molecule has 0 heterocycles. The van der Waals surface area contributed by atoms with Crippen LogP contribution in [-0.2, 0) is 6.42 Å². The Kier molecular flexibility index (Phi) is 5.36. The molecule has 0 spiro atoms. The summed E-state index contributed by atoms with van der Waals surface area (Å²) in [5.41, 5.74) is 2.40. The van der Waals surface area contributed by atoms with Crippen molar-refractivity contribution in [3.8, 4) is 5.75 Å². The Morgan fingerprint density at radius 2 is 1.95 bits per heavy atom. The van der Waals surface area contributed by atoms with Gasteiger partial charge in [-0.1, -0.05) is 24.3 Å². The van der Waals surface area contributed by atoms with E-state index in [0.717, 1.165) is 12.2 Å². The number of nitrogens with one attached hydrogen (secondary N) is 1. The van der Waals surface area contributed by atoms with Crippen LogP contribution in [0.5, 0.6) is 5.75 Å². The van der Waals surface area contributed by atoms with Crippen LogP contribution in [0.25, 0.3) is 0 Å². The van der Waals surface area contributed by atoms with Gasteiger partial charge in [0, 0.05) is 16.6 Å². The molecule has 0 aliphatic rings. The van der Waals surface area contributed by atoms with Gasteiger partial charge in [0.2, 0.25) is 0 Å². The number of ether oxygens (including phenoxy) is 1. The number of thioether (sulfide) groups is 1. The fourth-order valence-electron chi connectivity index (χ4n) is 2.25. The van der Waals surface area contributed by atoms with Gasteiger partial charge in [0.1, 0.15) is 5.75 Å². The van der Waals surface area contributed by atoms with Crippen LogP contribution in [0.15, 0.2) is 53.4 Å². The summed E-state index contributed by atoms with van der Waals surface area (Å²) in [6.45, 7) is 2.19. The number of benzene rings is 2. The van der Waals surface area contributed by atoms with Gasteiger partial charge in [-0.2, -0.15) is 0 Å². The SMILES string of the molecule is COc1ccccc1CC(C)Nc1cccc(SC)c1. The van der Waals surface area contributed by atoms with Gasteiger partial charge in [0.25, 0.3) is 0 Å². The van der Waals surface area contributed by atoms with E-state index in [-0.39, 0.29) is 0 Å². The highest BCUT2D eigenvalue weighted by molar-refractivity contribution is 7.98. The molecule has 0 amide bonds. The second-order valence-corrected chi connectivity index (χ2v) is 5.67. The van der Waals surface area contributed by atoms with E-state index in [2.05, 4.69) is 54.9 Å². The maximum absolute atomic E-state index is 5.40. The van der Waals surface area contributed by atoms with Crippen LogP contribution < -0.4 is 10.1 Å². The Bertz CT molecular complexity index is 556. The van der Waals surface area contributed by atoms with Crippen molar-refractivity contribution in [3.63, 3.8) is 0 Å². The zero-order valence-corrected chi connectivity index (χ0v) is 13.0. The normalized spacial score (nSPS) is 11.9. The van der Waals surface area contributed by atoms with E-state index in [0.29, 0.717) is 6.04 Å². The molecule has 0 fully saturated rings. The number of hydrogen-bond acceptors (Lipinski definition) is 3. The van der Waals surface area contributed by atoms with Gasteiger partial charge in [0.15, 0.2) is 0 Å². The van der Waals surface area contributed by atoms with Crippen molar-refractivity contribution >= 4 is 17.4 Å². The summed E-state index contributed by atoms with van der Waals surface area (Å²) in [5.74, 6) is 0.957. The molecule has 2 nitrogen and oxygen atoms in total. The Balaban J connectivity index is 2.03. The highest BCUT2D eigenvalue weighted by Gasteiger charge is 2.08. The van der Waals surface area contributed by atoms with Crippen molar-refractivity contribution in [3.05, 3.63) is 54.1 Å². The van der Waals surface area contributed by atoms with Gasteiger partial charge in [-0.15, -0.1) is 11.8 Å². The molecular formula is C17H21NOS. The fourth-order valence-corrected chi connectivity index (χ4v) is 2.71. The van der Waals surface area contributed by atoms with Crippen molar-refractivity contribution < 1.29 is 4.74 Å². The second kappa shape index (κ2) is 7.25. The molecule has 1 unspecified atom stereocenters. The van der Waals surface area contributed by atoms with Gasteiger partial charge < -0.3 is 10.1 Å². The van der Waals surface area contributed by atoms with Crippen molar-refractivity contribution in [2.24, 2.45) is 0 Å². The molecule has 3 heteroatoms. The highest BCUT2D eigenvalue weighted by Crippen LogP contribution is 2.22. The molecule has 0 aromatic heterocycles. The molecule has 20 heavy (non-hydrogen) atoms. The average Bonchev–Trinajstić information content (AvgIpc) is 2.48. The number of methoxy groups -OCH3 is 1. The number of anilines is 1. The zero-order valence-electron chi connectivity index (χ0n) is 12.2. The lowest BCUT2D eigenvalue weighted by Gasteiger charge is -2.17. The van der Waals surface area contributed by atoms with Crippen molar-refractivity contribution in [2.45, 2.75) is 24.3 Å². The minimum atomic E-state index is 0.350. The van der Waals surface area contributed by atoms with Crippen LogP contribution in [0, 0.1) is 0 Å². The standard InChI is InChI=1S/C17H21NOS/c1-13(11-14-7-4-5-10-17(14)19-2)18-15-8-6-9-16(12-15)20-3/h4-10,12-13,18H,11H2,1-3H3. The van der Waals surface area contributed by atoms with E-state index in [1.165, 1.54) is 16.1 Å². The predicted octanol–water partition coefficient (Wildman–Crippen LogP) is 4.46. The summed E-state index contributed by atoms with van der Waals surface area (Å²) in [5, 5.41) is 3.55. The minimum absolute atomic E-state index is 0.350. The molecule has 0 aliphatic heterocycles. The largest absolute Gasteiger partial charge is 0.496 e. The minimum Gasteiger partial charge on any atom is -0.496 e. The number of para-hydroxylation sites is 1. The van der Waals surface area contributed by atoms with Crippen molar-refractivity contribution in [2.75, 3.05) is 18.7 Å². The van der Waals surface area contributed by atoms with Gasteiger partial charge in [0.05, 0.1) is 7.11 Å². The Labute approximate surface area is 125 Å². The summed E-state index contributed by atoms with van der Waals surface area (Å²) in [4.78, 5) is 1.28. The lowest BCUT2D eigenvalue weighted by molar-refractivity contribution is 0.409. The molecule has 0 aliphatic carbocycles. The summed E-state index contributed by atoms with van der Waals surface area (Å²) < 4.78 is 5.40. The maximum Gasteiger partial charge on any atom is 0.122 e. The van der Waals surface area contributed by atoms with Crippen molar-refractivity contribution in [1.82, 2.24) is 0 Å². The van der Waals surface area contributed by atoms with Crippen molar-refractivity contribution in [1.29, 1.82) is 0 Å². The van der Waals surface area contributed by atoms with Crippen LogP contribution in [0.3, 0.4) is 0 Å². The lowest BCUT2D eigenvalue weighted by atomic mass is 10.1. The van der Waals surface area contributed by atoms with Crippen LogP contribution >= 0.6 is 11.8 Å². The number of hydrogen-bond donors (Lipinski definition) is 1. The molecule has 0 saturated carbocycles. The Morgan fingerprint density at radius 1 is 1.15 bits per heavy atom. The molecule has 2 aromatic carbocycles. The van der Waals surface area contributed by atoms with E-state index >= 15 is 0 Å². The van der Waals surface area contributed by atoms with Gasteiger partial charge in [-0.3, -0.25) is 0 Å². The van der Waals surface area contributed by atoms with E-state index in [1.54, 1.807) is 18.9 Å². The quantitative estimate of drug-likeness (QED) is 0.793. The Morgan fingerprint density at radius 3 is 2.70 bits per heavy atom. The second-order valence-electron chi connectivity index (χ2n) is 4.79. The maximum atomic E-state index is 5.40. The topological polar surface area (TPSA) is 21.3 Å². The molecule has 0 bridgehead atoms. The van der Waals surface area contributed by atoms with Gasteiger partial charge in [-0.25, -0.2) is 0 Å². The molecule has 0 radical (unpaired) electrons. The van der Waals surface area contributed by atoms with Crippen LogP contribution in [0.4, 0.5) is 5.69 Å². The average molecular weight is 287 g/mol. The van der Waals surface area contributed by atoms with E-state index < -0.39 is 0 Å². The molecule has 1 atom stereocenters. The molecule has 1 N–H and O–H groups in total. The Hall–Kier alpha value is -1.61. The molecule has 2 aromatic rings. The van der Waals surface area contributed by atoms with E-state index in [9.17, 15) is 0 Å². The monoisotopic (exact) mass is 287 g/mol. The first kappa shape index (κ1) is 14.8.